The predicted molar refractivity (Wildman–Crippen MR) is 85.8 cm³/mol. The summed E-state index contributed by atoms with van der Waals surface area (Å²) in [5.41, 5.74) is 11.0. The van der Waals surface area contributed by atoms with Crippen molar-refractivity contribution in [1.29, 1.82) is 0 Å². The SMILES string of the molecule is Cc1ccccc1-c1cncn1CC(N)c1ccccc1. The first kappa shape index (κ1) is 13.6. The summed E-state index contributed by atoms with van der Waals surface area (Å²) >= 11 is 0. The van der Waals surface area contributed by atoms with Gasteiger partial charge in [0.05, 0.1) is 18.2 Å². The van der Waals surface area contributed by atoms with Gasteiger partial charge in [-0.05, 0) is 18.1 Å². The Morgan fingerprint density at radius 1 is 1.05 bits per heavy atom. The summed E-state index contributed by atoms with van der Waals surface area (Å²) < 4.78 is 2.12. The lowest BCUT2D eigenvalue weighted by molar-refractivity contribution is 0.580. The van der Waals surface area contributed by atoms with Crippen molar-refractivity contribution in [2.24, 2.45) is 5.73 Å². The Morgan fingerprint density at radius 3 is 2.52 bits per heavy atom. The van der Waals surface area contributed by atoms with Crippen LogP contribution < -0.4 is 5.73 Å². The van der Waals surface area contributed by atoms with Crippen LogP contribution >= 0.6 is 0 Å². The van der Waals surface area contributed by atoms with Gasteiger partial charge < -0.3 is 10.3 Å². The van der Waals surface area contributed by atoms with Crippen LogP contribution in [0.3, 0.4) is 0 Å². The van der Waals surface area contributed by atoms with E-state index >= 15 is 0 Å². The maximum absolute atomic E-state index is 6.32. The highest BCUT2D eigenvalue weighted by Gasteiger charge is 2.11. The largest absolute Gasteiger partial charge is 0.329 e. The molecule has 0 saturated heterocycles. The fourth-order valence-electron chi connectivity index (χ4n) is 2.57. The Balaban J connectivity index is 1.88. The van der Waals surface area contributed by atoms with Gasteiger partial charge in [0.25, 0.3) is 0 Å². The number of aryl methyl sites for hydroxylation is 1. The zero-order chi connectivity index (χ0) is 14.7. The monoisotopic (exact) mass is 277 g/mol. The second kappa shape index (κ2) is 5.94. The minimum Gasteiger partial charge on any atom is -0.329 e. The Morgan fingerprint density at radius 2 is 1.76 bits per heavy atom. The molecular weight excluding hydrogens is 258 g/mol. The van der Waals surface area contributed by atoms with E-state index in [9.17, 15) is 0 Å². The van der Waals surface area contributed by atoms with E-state index < -0.39 is 0 Å². The first-order valence-corrected chi connectivity index (χ1v) is 7.12. The lowest BCUT2D eigenvalue weighted by Gasteiger charge is -2.16. The topological polar surface area (TPSA) is 43.8 Å². The van der Waals surface area contributed by atoms with Crippen molar-refractivity contribution >= 4 is 0 Å². The molecule has 3 nitrogen and oxygen atoms in total. The summed E-state index contributed by atoms with van der Waals surface area (Å²) in [6.45, 7) is 2.83. The van der Waals surface area contributed by atoms with Gasteiger partial charge in [-0.25, -0.2) is 4.98 Å². The molecule has 2 N–H and O–H groups in total. The maximum atomic E-state index is 6.32. The second-order valence-corrected chi connectivity index (χ2v) is 5.26. The second-order valence-electron chi connectivity index (χ2n) is 5.26. The quantitative estimate of drug-likeness (QED) is 0.792. The third-order valence-corrected chi connectivity index (χ3v) is 3.75. The molecule has 0 saturated carbocycles. The molecule has 106 valence electrons. The van der Waals surface area contributed by atoms with Gasteiger partial charge in [0.15, 0.2) is 0 Å². The fourth-order valence-corrected chi connectivity index (χ4v) is 2.57. The van der Waals surface area contributed by atoms with Crippen molar-refractivity contribution in [2.45, 2.75) is 19.5 Å². The average Bonchev–Trinajstić information content (AvgIpc) is 2.96. The standard InChI is InChI=1S/C18H19N3/c1-14-7-5-6-10-16(14)18-11-20-13-21(18)12-17(19)15-8-3-2-4-9-15/h2-11,13,17H,12,19H2,1H3. The van der Waals surface area contributed by atoms with E-state index in [2.05, 4.69) is 52.9 Å². The number of aromatic nitrogens is 2. The molecule has 0 spiro atoms. The summed E-state index contributed by atoms with van der Waals surface area (Å²) in [6, 6.07) is 18.5. The molecule has 3 heteroatoms. The molecule has 1 atom stereocenters. The third-order valence-electron chi connectivity index (χ3n) is 3.75. The Kier molecular flexibility index (Phi) is 3.84. The number of benzene rings is 2. The van der Waals surface area contributed by atoms with Crippen LogP contribution in [0, 0.1) is 6.92 Å². The zero-order valence-corrected chi connectivity index (χ0v) is 12.1. The molecular formula is C18H19N3. The van der Waals surface area contributed by atoms with Crippen molar-refractivity contribution in [3.63, 3.8) is 0 Å². The van der Waals surface area contributed by atoms with Crippen molar-refractivity contribution < 1.29 is 0 Å². The van der Waals surface area contributed by atoms with Gasteiger partial charge in [-0.2, -0.15) is 0 Å². The lowest BCUT2D eigenvalue weighted by Crippen LogP contribution is -2.17. The van der Waals surface area contributed by atoms with Gasteiger partial charge in [0, 0.05) is 18.2 Å². The van der Waals surface area contributed by atoms with Gasteiger partial charge >= 0.3 is 0 Å². The van der Waals surface area contributed by atoms with Crippen LogP contribution in [0.2, 0.25) is 0 Å². The number of hydrogen-bond acceptors (Lipinski definition) is 2. The van der Waals surface area contributed by atoms with Crippen LogP contribution in [0.15, 0.2) is 67.1 Å². The van der Waals surface area contributed by atoms with E-state index in [1.807, 2.05) is 30.7 Å². The van der Waals surface area contributed by atoms with E-state index in [0.717, 1.165) is 11.3 Å². The van der Waals surface area contributed by atoms with E-state index in [-0.39, 0.29) is 6.04 Å². The van der Waals surface area contributed by atoms with Gasteiger partial charge in [0.1, 0.15) is 0 Å². The van der Waals surface area contributed by atoms with Gasteiger partial charge in [-0.3, -0.25) is 0 Å². The fraction of sp³-hybridized carbons (Fsp3) is 0.167. The zero-order valence-electron chi connectivity index (χ0n) is 12.1. The number of rotatable bonds is 4. The van der Waals surface area contributed by atoms with Crippen molar-refractivity contribution in [1.82, 2.24) is 9.55 Å². The molecule has 0 radical (unpaired) electrons. The first-order chi connectivity index (χ1) is 10.3. The molecule has 0 aliphatic heterocycles. The van der Waals surface area contributed by atoms with Crippen molar-refractivity contribution in [3.05, 3.63) is 78.2 Å². The van der Waals surface area contributed by atoms with Crippen molar-refractivity contribution in [2.75, 3.05) is 0 Å². The Bertz CT molecular complexity index is 716. The molecule has 0 amide bonds. The van der Waals surface area contributed by atoms with Gasteiger partial charge in [0.2, 0.25) is 0 Å². The van der Waals surface area contributed by atoms with Crippen LogP contribution in [0.1, 0.15) is 17.2 Å². The molecule has 1 aromatic heterocycles. The molecule has 0 aliphatic carbocycles. The summed E-state index contributed by atoms with van der Waals surface area (Å²) in [4.78, 5) is 4.29. The van der Waals surface area contributed by atoms with Gasteiger partial charge in [-0.15, -0.1) is 0 Å². The highest BCUT2D eigenvalue weighted by molar-refractivity contribution is 5.63. The van der Waals surface area contributed by atoms with Crippen LogP contribution in [0.25, 0.3) is 11.3 Å². The summed E-state index contributed by atoms with van der Waals surface area (Å²) in [5.74, 6) is 0. The maximum Gasteiger partial charge on any atom is 0.0951 e. The lowest BCUT2D eigenvalue weighted by atomic mass is 10.1. The molecule has 3 aromatic rings. The molecule has 21 heavy (non-hydrogen) atoms. The number of imidazole rings is 1. The molecule has 3 rings (SSSR count). The first-order valence-electron chi connectivity index (χ1n) is 7.12. The Hall–Kier alpha value is -2.39. The minimum atomic E-state index is -0.0387. The predicted octanol–water partition coefficient (Wildman–Crippen LogP) is 3.56. The normalized spacial score (nSPS) is 12.3. The number of hydrogen-bond donors (Lipinski definition) is 1. The average molecular weight is 277 g/mol. The van der Waals surface area contributed by atoms with E-state index in [1.165, 1.54) is 11.1 Å². The van der Waals surface area contributed by atoms with Crippen LogP contribution in [-0.4, -0.2) is 9.55 Å². The van der Waals surface area contributed by atoms with Crippen LogP contribution in [-0.2, 0) is 6.54 Å². The highest BCUT2D eigenvalue weighted by Crippen LogP contribution is 2.24. The molecule has 1 heterocycles. The molecule has 0 aliphatic rings. The Labute approximate surface area is 125 Å². The molecule has 2 aromatic carbocycles. The summed E-state index contributed by atoms with van der Waals surface area (Å²) in [7, 11) is 0. The molecule has 0 bridgehead atoms. The van der Waals surface area contributed by atoms with Crippen molar-refractivity contribution in [3.8, 4) is 11.3 Å². The smallest absolute Gasteiger partial charge is 0.0951 e. The molecule has 0 fully saturated rings. The van der Waals surface area contributed by atoms with Crippen LogP contribution in [0.5, 0.6) is 0 Å². The third kappa shape index (κ3) is 2.88. The van der Waals surface area contributed by atoms with Gasteiger partial charge in [-0.1, -0.05) is 54.6 Å². The number of nitrogens with two attached hydrogens (primary N) is 1. The van der Waals surface area contributed by atoms with E-state index in [1.54, 1.807) is 0 Å². The highest BCUT2D eigenvalue weighted by atomic mass is 15.1. The van der Waals surface area contributed by atoms with Crippen LogP contribution in [0.4, 0.5) is 0 Å². The summed E-state index contributed by atoms with van der Waals surface area (Å²) in [6.07, 6.45) is 3.75. The minimum absolute atomic E-state index is 0.0387. The molecule has 1 unspecified atom stereocenters. The summed E-state index contributed by atoms with van der Waals surface area (Å²) in [5, 5.41) is 0. The number of nitrogens with zero attached hydrogens (tertiary/aromatic N) is 2. The van der Waals surface area contributed by atoms with E-state index in [0.29, 0.717) is 6.54 Å². The van der Waals surface area contributed by atoms with E-state index in [4.69, 9.17) is 5.73 Å².